The number of rotatable bonds is 2. The highest BCUT2D eigenvalue weighted by Gasteiger charge is 2.19. The molecule has 5 heteroatoms. The third-order valence-electron chi connectivity index (χ3n) is 3.85. The van der Waals surface area contributed by atoms with Gasteiger partial charge in [-0.1, -0.05) is 6.92 Å². The summed E-state index contributed by atoms with van der Waals surface area (Å²) in [4.78, 5) is 14.0. The summed E-state index contributed by atoms with van der Waals surface area (Å²) in [5.41, 5.74) is 2.56. The molecule has 0 spiro atoms. The third kappa shape index (κ3) is 2.33. The van der Waals surface area contributed by atoms with Gasteiger partial charge in [-0.15, -0.1) is 0 Å². The van der Waals surface area contributed by atoms with Gasteiger partial charge in [-0.3, -0.25) is 4.90 Å². The molecular weight excluding hydrogens is 226 g/mol. The summed E-state index contributed by atoms with van der Waals surface area (Å²) in [7, 11) is 0. The Hall–Kier alpha value is -1.20. The van der Waals surface area contributed by atoms with Gasteiger partial charge in [0.25, 0.3) is 0 Å². The molecule has 0 radical (unpaired) electrons. The van der Waals surface area contributed by atoms with Crippen molar-refractivity contribution in [2.45, 2.75) is 19.9 Å². The van der Waals surface area contributed by atoms with Crippen LogP contribution in [0.5, 0.6) is 0 Å². The number of likely N-dealkylation sites (N-methyl/N-ethyl adjacent to an activating group) is 1. The molecule has 1 N–H and O–H groups in total. The summed E-state index contributed by atoms with van der Waals surface area (Å²) < 4.78 is 0. The van der Waals surface area contributed by atoms with Crippen LogP contribution >= 0.6 is 0 Å². The van der Waals surface area contributed by atoms with E-state index >= 15 is 0 Å². The predicted octanol–water partition coefficient (Wildman–Crippen LogP) is 0.264. The molecule has 0 bridgehead atoms. The van der Waals surface area contributed by atoms with Crippen molar-refractivity contribution in [3.05, 3.63) is 17.5 Å². The van der Waals surface area contributed by atoms with Gasteiger partial charge in [0, 0.05) is 57.4 Å². The SMILES string of the molecule is CCN1CCc2nc(N3CCNCC3)ncc2C1. The molecule has 18 heavy (non-hydrogen) atoms. The smallest absolute Gasteiger partial charge is 0.225 e. The highest BCUT2D eigenvalue weighted by molar-refractivity contribution is 5.34. The van der Waals surface area contributed by atoms with E-state index in [0.29, 0.717) is 0 Å². The molecule has 98 valence electrons. The first kappa shape index (κ1) is 11.9. The molecule has 0 aliphatic carbocycles. The molecular formula is C13H21N5. The maximum atomic E-state index is 4.77. The van der Waals surface area contributed by atoms with Crippen LogP contribution in [0.2, 0.25) is 0 Å². The summed E-state index contributed by atoms with van der Waals surface area (Å²) in [5.74, 6) is 0.917. The molecule has 2 aliphatic heterocycles. The molecule has 3 heterocycles. The van der Waals surface area contributed by atoms with E-state index in [0.717, 1.165) is 58.2 Å². The van der Waals surface area contributed by atoms with Crippen molar-refractivity contribution in [2.24, 2.45) is 0 Å². The topological polar surface area (TPSA) is 44.3 Å². The van der Waals surface area contributed by atoms with Crippen molar-refractivity contribution in [1.29, 1.82) is 0 Å². The van der Waals surface area contributed by atoms with Crippen LogP contribution < -0.4 is 10.2 Å². The van der Waals surface area contributed by atoms with Crippen LogP contribution in [0.15, 0.2) is 6.20 Å². The number of aromatic nitrogens is 2. The fraction of sp³-hybridized carbons (Fsp3) is 0.692. The van der Waals surface area contributed by atoms with E-state index in [1.807, 2.05) is 6.20 Å². The maximum Gasteiger partial charge on any atom is 0.225 e. The Labute approximate surface area is 108 Å². The highest BCUT2D eigenvalue weighted by Crippen LogP contribution is 2.19. The van der Waals surface area contributed by atoms with E-state index in [1.54, 1.807) is 0 Å². The Morgan fingerprint density at radius 2 is 2.11 bits per heavy atom. The van der Waals surface area contributed by atoms with Crippen molar-refractivity contribution < 1.29 is 0 Å². The molecule has 2 aliphatic rings. The number of hydrogen-bond acceptors (Lipinski definition) is 5. The molecule has 0 saturated carbocycles. The largest absolute Gasteiger partial charge is 0.338 e. The van der Waals surface area contributed by atoms with E-state index < -0.39 is 0 Å². The molecule has 3 rings (SSSR count). The summed E-state index contributed by atoms with van der Waals surface area (Å²) in [6.07, 6.45) is 3.09. The van der Waals surface area contributed by atoms with Gasteiger partial charge in [0.05, 0.1) is 5.69 Å². The molecule has 0 amide bonds. The van der Waals surface area contributed by atoms with Gasteiger partial charge in [0.15, 0.2) is 0 Å². The number of fused-ring (bicyclic) bond motifs is 1. The van der Waals surface area contributed by atoms with Crippen LogP contribution in [0, 0.1) is 0 Å². The van der Waals surface area contributed by atoms with Crippen molar-refractivity contribution in [2.75, 3.05) is 44.2 Å². The first-order chi connectivity index (χ1) is 8.86. The molecule has 5 nitrogen and oxygen atoms in total. The van der Waals surface area contributed by atoms with E-state index in [2.05, 4.69) is 27.0 Å². The van der Waals surface area contributed by atoms with Gasteiger partial charge in [0.2, 0.25) is 5.95 Å². The molecule has 0 aromatic carbocycles. The Balaban J connectivity index is 1.78. The number of hydrogen-bond donors (Lipinski definition) is 1. The zero-order valence-electron chi connectivity index (χ0n) is 11.0. The predicted molar refractivity (Wildman–Crippen MR) is 71.8 cm³/mol. The minimum absolute atomic E-state index is 0.917. The molecule has 1 aromatic heterocycles. The Kier molecular flexibility index (Phi) is 3.43. The van der Waals surface area contributed by atoms with E-state index in [4.69, 9.17) is 4.98 Å². The lowest BCUT2D eigenvalue weighted by Gasteiger charge is -2.30. The van der Waals surface area contributed by atoms with Gasteiger partial charge < -0.3 is 10.2 Å². The summed E-state index contributed by atoms with van der Waals surface area (Å²) in [5, 5.41) is 3.36. The minimum atomic E-state index is 0.917. The van der Waals surface area contributed by atoms with Gasteiger partial charge in [-0.05, 0) is 6.54 Å². The van der Waals surface area contributed by atoms with Crippen molar-refractivity contribution in [3.8, 4) is 0 Å². The summed E-state index contributed by atoms with van der Waals surface area (Å²) in [6, 6.07) is 0. The molecule has 0 atom stereocenters. The van der Waals surface area contributed by atoms with Crippen LogP contribution in [0.25, 0.3) is 0 Å². The average Bonchev–Trinajstić information content (AvgIpc) is 2.47. The van der Waals surface area contributed by atoms with E-state index in [9.17, 15) is 0 Å². The van der Waals surface area contributed by atoms with Gasteiger partial charge in [-0.2, -0.15) is 0 Å². The van der Waals surface area contributed by atoms with Gasteiger partial charge in [0.1, 0.15) is 0 Å². The van der Waals surface area contributed by atoms with E-state index in [-0.39, 0.29) is 0 Å². The first-order valence-electron chi connectivity index (χ1n) is 6.89. The van der Waals surface area contributed by atoms with Crippen LogP contribution in [0.3, 0.4) is 0 Å². The van der Waals surface area contributed by atoms with Crippen molar-refractivity contribution in [3.63, 3.8) is 0 Å². The Morgan fingerprint density at radius 3 is 2.89 bits per heavy atom. The normalized spacial score (nSPS) is 20.8. The second-order valence-electron chi connectivity index (χ2n) is 5.00. The van der Waals surface area contributed by atoms with Crippen molar-refractivity contribution >= 4 is 5.95 Å². The second kappa shape index (κ2) is 5.20. The number of nitrogens with zero attached hydrogens (tertiary/aromatic N) is 4. The number of anilines is 1. The zero-order valence-corrected chi connectivity index (χ0v) is 11.0. The van der Waals surface area contributed by atoms with Crippen LogP contribution in [0.1, 0.15) is 18.2 Å². The molecule has 1 saturated heterocycles. The van der Waals surface area contributed by atoms with Crippen LogP contribution in [0.4, 0.5) is 5.95 Å². The molecule has 0 unspecified atom stereocenters. The lowest BCUT2D eigenvalue weighted by molar-refractivity contribution is 0.265. The fourth-order valence-electron chi connectivity index (χ4n) is 2.65. The summed E-state index contributed by atoms with van der Waals surface area (Å²) in [6.45, 7) is 9.54. The van der Waals surface area contributed by atoms with Crippen molar-refractivity contribution in [1.82, 2.24) is 20.2 Å². The average molecular weight is 247 g/mol. The van der Waals surface area contributed by atoms with E-state index in [1.165, 1.54) is 11.3 Å². The quantitative estimate of drug-likeness (QED) is 0.812. The standard InChI is InChI=1S/C13H21N5/c1-2-17-6-3-12-11(10-17)9-15-13(16-12)18-7-4-14-5-8-18/h9,14H,2-8,10H2,1H3. The van der Waals surface area contributed by atoms with Crippen LogP contribution in [-0.2, 0) is 13.0 Å². The Morgan fingerprint density at radius 1 is 1.28 bits per heavy atom. The fourth-order valence-corrected chi connectivity index (χ4v) is 2.65. The lowest BCUT2D eigenvalue weighted by Crippen LogP contribution is -2.44. The molecule has 1 fully saturated rings. The van der Waals surface area contributed by atoms with Crippen LogP contribution in [-0.4, -0.2) is 54.1 Å². The van der Waals surface area contributed by atoms with Gasteiger partial charge in [-0.25, -0.2) is 9.97 Å². The monoisotopic (exact) mass is 247 g/mol. The number of piperazine rings is 1. The molecule has 1 aromatic rings. The number of nitrogens with one attached hydrogen (secondary N) is 1. The first-order valence-corrected chi connectivity index (χ1v) is 6.89. The highest BCUT2D eigenvalue weighted by atomic mass is 15.3. The van der Waals surface area contributed by atoms with Gasteiger partial charge >= 0.3 is 0 Å². The summed E-state index contributed by atoms with van der Waals surface area (Å²) >= 11 is 0. The lowest BCUT2D eigenvalue weighted by atomic mass is 10.1. The second-order valence-corrected chi connectivity index (χ2v) is 5.00. The third-order valence-corrected chi connectivity index (χ3v) is 3.85. The minimum Gasteiger partial charge on any atom is -0.338 e. The maximum absolute atomic E-state index is 4.77. The Bertz CT molecular complexity index is 414. The zero-order chi connectivity index (χ0) is 12.4.